The fourth-order valence-electron chi connectivity index (χ4n) is 3.47. The van der Waals surface area contributed by atoms with Crippen LogP contribution in [0.25, 0.3) is 11.0 Å². The van der Waals surface area contributed by atoms with E-state index >= 15 is 0 Å². The molecule has 0 saturated carbocycles. The Morgan fingerprint density at radius 3 is 2.34 bits per heavy atom. The van der Waals surface area contributed by atoms with Crippen LogP contribution in [0.4, 0.5) is 17.1 Å². The van der Waals surface area contributed by atoms with Gasteiger partial charge in [-0.05, 0) is 68.4 Å². The second kappa shape index (κ2) is 9.39. The van der Waals surface area contributed by atoms with Gasteiger partial charge in [-0.25, -0.2) is 4.79 Å². The maximum atomic E-state index is 13.0. The lowest BCUT2D eigenvalue weighted by Crippen LogP contribution is -2.40. The number of rotatable bonds is 7. The normalized spacial score (nSPS) is 10.8. The number of nitrogens with zero attached hydrogens (tertiary/aromatic N) is 1. The van der Waals surface area contributed by atoms with Crippen molar-refractivity contribution in [3.63, 3.8) is 0 Å². The topological polar surface area (TPSA) is 71.8 Å². The number of hydrogen-bond acceptors (Lipinski definition) is 5. The molecule has 6 heteroatoms. The highest BCUT2D eigenvalue weighted by molar-refractivity contribution is 5.95. The molecule has 1 N–H and O–H groups in total. The third-order valence-electron chi connectivity index (χ3n) is 4.95. The molecule has 0 radical (unpaired) electrons. The van der Waals surface area contributed by atoms with Gasteiger partial charge in [-0.3, -0.25) is 4.79 Å². The average molecular weight is 428 g/mol. The monoisotopic (exact) mass is 428 g/mol. The predicted octanol–water partition coefficient (Wildman–Crippen LogP) is 5.36. The van der Waals surface area contributed by atoms with E-state index in [1.54, 1.807) is 29.2 Å². The lowest BCUT2D eigenvalue weighted by atomic mass is 10.2. The molecule has 0 saturated heterocycles. The number of anilines is 3. The molecule has 1 heterocycles. The summed E-state index contributed by atoms with van der Waals surface area (Å²) in [7, 11) is 0. The maximum absolute atomic E-state index is 13.0. The average Bonchev–Trinajstić information content (AvgIpc) is 2.79. The van der Waals surface area contributed by atoms with Crippen LogP contribution in [-0.4, -0.2) is 18.6 Å². The van der Waals surface area contributed by atoms with Gasteiger partial charge in [0.25, 0.3) is 5.91 Å². The van der Waals surface area contributed by atoms with E-state index in [-0.39, 0.29) is 18.6 Å². The number of amides is 1. The van der Waals surface area contributed by atoms with Crippen LogP contribution >= 0.6 is 0 Å². The van der Waals surface area contributed by atoms with Gasteiger partial charge in [-0.1, -0.05) is 18.2 Å². The van der Waals surface area contributed by atoms with Crippen LogP contribution in [0.15, 0.2) is 94.1 Å². The summed E-state index contributed by atoms with van der Waals surface area (Å²) in [5.41, 5.74) is 2.71. The maximum Gasteiger partial charge on any atom is 0.336 e. The van der Waals surface area contributed by atoms with Crippen molar-refractivity contribution >= 4 is 33.9 Å². The molecule has 0 spiro atoms. The molecule has 32 heavy (non-hydrogen) atoms. The van der Waals surface area contributed by atoms with Gasteiger partial charge < -0.3 is 19.4 Å². The van der Waals surface area contributed by atoms with Crippen LogP contribution < -0.4 is 20.6 Å². The molecule has 0 bridgehead atoms. The molecule has 0 aliphatic heterocycles. The first-order valence-electron chi connectivity index (χ1n) is 10.4. The van der Waals surface area contributed by atoms with Crippen molar-refractivity contribution in [3.05, 3.63) is 95.3 Å². The Hall–Kier alpha value is -4.06. The molecule has 0 atom stereocenters. The van der Waals surface area contributed by atoms with E-state index in [4.69, 9.17) is 9.15 Å². The third-order valence-corrected chi connectivity index (χ3v) is 4.95. The smallest absolute Gasteiger partial charge is 0.336 e. The first-order chi connectivity index (χ1) is 15.5. The minimum atomic E-state index is -0.429. The van der Waals surface area contributed by atoms with Crippen molar-refractivity contribution in [2.24, 2.45) is 0 Å². The Kier molecular flexibility index (Phi) is 6.22. The van der Waals surface area contributed by atoms with E-state index in [1.807, 2.05) is 68.4 Å². The zero-order chi connectivity index (χ0) is 22.5. The van der Waals surface area contributed by atoms with E-state index in [2.05, 4.69) is 5.32 Å². The van der Waals surface area contributed by atoms with Gasteiger partial charge in [0, 0.05) is 40.6 Å². The van der Waals surface area contributed by atoms with Crippen molar-refractivity contribution in [3.8, 4) is 5.75 Å². The van der Waals surface area contributed by atoms with Gasteiger partial charge >= 0.3 is 5.63 Å². The molecule has 3 aromatic carbocycles. The van der Waals surface area contributed by atoms with Gasteiger partial charge in [-0.15, -0.1) is 0 Å². The zero-order valence-corrected chi connectivity index (χ0v) is 17.9. The summed E-state index contributed by atoms with van der Waals surface area (Å²) >= 11 is 0. The molecular formula is C26H24N2O4. The van der Waals surface area contributed by atoms with Crippen LogP contribution in [0.5, 0.6) is 5.75 Å². The molecule has 1 amide bonds. The van der Waals surface area contributed by atoms with Crippen molar-refractivity contribution in [2.75, 3.05) is 16.8 Å². The van der Waals surface area contributed by atoms with Gasteiger partial charge in [0.05, 0.1) is 0 Å². The number of benzene rings is 3. The summed E-state index contributed by atoms with van der Waals surface area (Å²) < 4.78 is 10.9. The highest BCUT2D eigenvalue weighted by Gasteiger charge is 2.20. The van der Waals surface area contributed by atoms with E-state index < -0.39 is 5.63 Å². The molecule has 4 aromatic rings. The van der Waals surface area contributed by atoms with Crippen molar-refractivity contribution in [2.45, 2.75) is 19.9 Å². The first kappa shape index (κ1) is 21.2. The molecule has 0 aliphatic carbocycles. The summed E-state index contributed by atoms with van der Waals surface area (Å²) in [5, 5.41) is 4.12. The van der Waals surface area contributed by atoms with Gasteiger partial charge in [-0.2, -0.15) is 0 Å². The van der Waals surface area contributed by atoms with Crippen molar-refractivity contribution < 1.29 is 13.9 Å². The SMILES string of the molecule is CC(C)N(C(=O)COc1ccc2ccc(=O)oc2c1)c1ccc(Nc2ccccc2)cc1. The molecule has 1 aromatic heterocycles. The summed E-state index contributed by atoms with van der Waals surface area (Å²) in [4.78, 5) is 26.1. The minimum absolute atomic E-state index is 0.0475. The van der Waals surface area contributed by atoms with Crippen LogP contribution in [0, 0.1) is 0 Å². The van der Waals surface area contributed by atoms with Gasteiger partial charge in [0.1, 0.15) is 11.3 Å². The Balaban J connectivity index is 1.45. The molecule has 0 unspecified atom stereocenters. The van der Waals surface area contributed by atoms with E-state index in [0.717, 1.165) is 22.4 Å². The van der Waals surface area contributed by atoms with Crippen LogP contribution in [0.1, 0.15) is 13.8 Å². The summed E-state index contributed by atoms with van der Waals surface area (Å²) in [5.74, 6) is 0.296. The van der Waals surface area contributed by atoms with Crippen LogP contribution in [0.2, 0.25) is 0 Å². The Bertz CT molecular complexity index is 1260. The largest absolute Gasteiger partial charge is 0.484 e. The molecular weight excluding hydrogens is 404 g/mol. The van der Waals surface area contributed by atoms with E-state index in [0.29, 0.717) is 11.3 Å². The highest BCUT2D eigenvalue weighted by Crippen LogP contribution is 2.24. The van der Waals surface area contributed by atoms with Gasteiger partial charge in [0.2, 0.25) is 0 Å². The zero-order valence-electron chi connectivity index (χ0n) is 17.9. The van der Waals surface area contributed by atoms with Crippen LogP contribution in [0.3, 0.4) is 0 Å². The summed E-state index contributed by atoms with van der Waals surface area (Å²) in [6, 6.07) is 25.8. The number of carbonyl (C=O) groups is 1. The fourth-order valence-corrected chi connectivity index (χ4v) is 3.47. The van der Waals surface area contributed by atoms with E-state index in [9.17, 15) is 9.59 Å². The summed E-state index contributed by atoms with van der Waals surface area (Å²) in [6.45, 7) is 3.78. The van der Waals surface area contributed by atoms with E-state index in [1.165, 1.54) is 6.07 Å². The molecule has 0 fully saturated rings. The Morgan fingerprint density at radius 1 is 0.938 bits per heavy atom. The van der Waals surface area contributed by atoms with Crippen LogP contribution in [-0.2, 0) is 4.79 Å². The number of carbonyl (C=O) groups excluding carboxylic acids is 1. The fraction of sp³-hybridized carbons (Fsp3) is 0.154. The molecule has 0 aliphatic rings. The third kappa shape index (κ3) is 4.98. The predicted molar refractivity (Wildman–Crippen MR) is 127 cm³/mol. The number of para-hydroxylation sites is 1. The van der Waals surface area contributed by atoms with Gasteiger partial charge in [0.15, 0.2) is 6.61 Å². The highest BCUT2D eigenvalue weighted by atomic mass is 16.5. The second-order valence-electron chi connectivity index (χ2n) is 7.64. The Labute approximate surface area is 186 Å². The first-order valence-corrected chi connectivity index (χ1v) is 10.4. The van der Waals surface area contributed by atoms with Crippen molar-refractivity contribution in [1.82, 2.24) is 0 Å². The van der Waals surface area contributed by atoms with Crippen molar-refractivity contribution in [1.29, 1.82) is 0 Å². The molecule has 162 valence electrons. The number of nitrogens with one attached hydrogen (secondary N) is 1. The minimum Gasteiger partial charge on any atom is -0.484 e. The molecule has 4 rings (SSSR count). The molecule has 6 nitrogen and oxygen atoms in total. The second-order valence-corrected chi connectivity index (χ2v) is 7.64. The number of hydrogen-bond donors (Lipinski definition) is 1. The number of ether oxygens (including phenoxy) is 1. The quantitative estimate of drug-likeness (QED) is 0.402. The lowest BCUT2D eigenvalue weighted by Gasteiger charge is -2.27. The summed E-state index contributed by atoms with van der Waals surface area (Å²) in [6.07, 6.45) is 0. The Morgan fingerprint density at radius 2 is 1.62 bits per heavy atom. The standard InChI is InChI=1S/C26H24N2O4/c1-18(2)28(22-12-10-21(11-13-22)27-20-6-4-3-5-7-20)25(29)17-31-23-14-8-19-9-15-26(30)32-24(19)16-23/h3-16,18,27H,17H2,1-2H3. The lowest BCUT2D eigenvalue weighted by molar-refractivity contribution is -0.120. The number of fused-ring (bicyclic) bond motifs is 1.